The van der Waals surface area contributed by atoms with E-state index >= 15 is 0 Å². The van der Waals surface area contributed by atoms with Crippen LogP contribution < -0.4 is 15.6 Å². The predicted molar refractivity (Wildman–Crippen MR) is 85.9 cm³/mol. The topological polar surface area (TPSA) is 20.2 Å². The maximum Gasteiger partial charge on any atom is 0.285 e. The average molecular weight is 384 g/mol. The van der Waals surface area contributed by atoms with Crippen LogP contribution in [0, 0.1) is 34.9 Å². The van der Waals surface area contributed by atoms with Crippen molar-refractivity contribution in [2.45, 2.75) is 0 Å². The summed E-state index contributed by atoms with van der Waals surface area (Å²) in [7, 11) is -4.26. The lowest BCUT2D eigenvalue weighted by Crippen LogP contribution is -2.67. The quantitative estimate of drug-likeness (QED) is 0.418. The van der Waals surface area contributed by atoms with Gasteiger partial charge in [0, 0.05) is 0 Å². The molecule has 134 valence electrons. The second kappa shape index (κ2) is 6.62. The third kappa shape index (κ3) is 3.01. The standard InChI is InChI=1S/C18H10F6OSi/c19-13-4-1-10(7-16(13)22)26(25,11-2-5-14(20)17(23)8-11)12-3-6-15(21)18(24)9-12/h1-9,25H. The minimum Gasteiger partial charge on any atom is -0.421 e. The van der Waals surface area contributed by atoms with Gasteiger partial charge >= 0.3 is 0 Å². The van der Waals surface area contributed by atoms with E-state index < -0.39 is 43.2 Å². The molecule has 3 aromatic carbocycles. The summed E-state index contributed by atoms with van der Waals surface area (Å²) in [4.78, 5) is 11.3. The third-order valence-electron chi connectivity index (χ3n) is 4.01. The summed E-state index contributed by atoms with van der Waals surface area (Å²) >= 11 is 0. The summed E-state index contributed by atoms with van der Waals surface area (Å²) in [5.74, 6) is -7.38. The molecular formula is C18H10F6OSi. The zero-order chi connectivity index (χ0) is 19.1. The van der Waals surface area contributed by atoms with Crippen LogP contribution in [-0.2, 0) is 0 Å². The molecule has 3 rings (SSSR count). The van der Waals surface area contributed by atoms with Gasteiger partial charge in [-0.2, -0.15) is 0 Å². The van der Waals surface area contributed by atoms with Crippen LogP contribution in [0.3, 0.4) is 0 Å². The molecule has 0 amide bonds. The number of rotatable bonds is 3. The third-order valence-corrected chi connectivity index (χ3v) is 7.45. The van der Waals surface area contributed by atoms with Crippen LogP contribution in [0.1, 0.15) is 0 Å². The Labute approximate surface area is 145 Å². The Morgan fingerprint density at radius 2 is 0.731 bits per heavy atom. The highest BCUT2D eigenvalue weighted by Gasteiger charge is 2.40. The van der Waals surface area contributed by atoms with E-state index in [1.54, 1.807) is 0 Å². The van der Waals surface area contributed by atoms with Gasteiger partial charge in [-0.05, 0) is 52.0 Å². The van der Waals surface area contributed by atoms with Crippen molar-refractivity contribution < 1.29 is 31.1 Å². The van der Waals surface area contributed by atoms with Crippen molar-refractivity contribution in [1.29, 1.82) is 0 Å². The zero-order valence-corrected chi connectivity index (χ0v) is 13.9. The largest absolute Gasteiger partial charge is 0.421 e. The minimum absolute atomic E-state index is 0.145. The maximum atomic E-state index is 13.7. The first-order valence-corrected chi connectivity index (χ1v) is 9.27. The van der Waals surface area contributed by atoms with Crippen molar-refractivity contribution in [3.8, 4) is 0 Å². The molecule has 0 aliphatic carbocycles. The molecule has 0 saturated heterocycles. The lowest BCUT2D eigenvalue weighted by molar-refractivity contribution is 0.506. The summed E-state index contributed by atoms with van der Waals surface area (Å²) < 4.78 is 80.9. The van der Waals surface area contributed by atoms with Gasteiger partial charge in [0.2, 0.25) is 0 Å². The fourth-order valence-electron chi connectivity index (χ4n) is 2.66. The summed E-state index contributed by atoms with van der Waals surface area (Å²) in [5, 5.41) is -0.435. The van der Waals surface area contributed by atoms with Gasteiger partial charge in [-0.15, -0.1) is 0 Å². The van der Waals surface area contributed by atoms with Crippen LogP contribution in [0.4, 0.5) is 26.3 Å². The molecular weight excluding hydrogens is 374 g/mol. The SMILES string of the molecule is O[Si](c1ccc(F)c(F)c1)(c1ccc(F)c(F)c1)c1ccc(F)c(F)c1. The minimum atomic E-state index is -4.26. The smallest absolute Gasteiger partial charge is 0.285 e. The van der Waals surface area contributed by atoms with Gasteiger partial charge in [-0.1, -0.05) is 18.2 Å². The van der Waals surface area contributed by atoms with Crippen molar-refractivity contribution >= 4 is 23.9 Å². The van der Waals surface area contributed by atoms with Crippen molar-refractivity contribution in [2.75, 3.05) is 0 Å². The number of hydrogen-bond acceptors (Lipinski definition) is 1. The zero-order valence-electron chi connectivity index (χ0n) is 12.9. The Morgan fingerprint density at radius 3 is 0.962 bits per heavy atom. The monoisotopic (exact) mass is 384 g/mol. The molecule has 0 spiro atoms. The number of hydrogen-bond donors (Lipinski definition) is 1. The van der Waals surface area contributed by atoms with Crippen LogP contribution in [0.25, 0.3) is 0 Å². The number of benzene rings is 3. The highest BCUT2D eigenvalue weighted by molar-refractivity contribution is 7.06. The molecule has 0 bridgehead atoms. The van der Waals surface area contributed by atoms with E-state index in [0.29, 0.717) is 18.2 Å². The molecule has 0 aromatic heterocycles. The van der Waals surface area contributed by atoms with Crippen molar-refractivity contribution in [3.63, 3.8) is 0 Å². The van der Waals surface area contributed by atoms with Gasteiger partial charge in [-0.3, -0.25) is 0 Å². The fourth-order valence-corrected chi connectivity index (χ4v) is 5.64. The Bertz CT molecular complexity index is 866. The molecule has 0 aliphatic heterocycles. The molecule has 0 unspecified atom stereocenters. The predicted octanol–water partition coefficient (Wildman–Crippen LogP) is 2.48. The average Bonchev–Trinajstić information content (AvgIpc) is 2.61. The van der Waals surface area contributed by atoms with E-state index in [4.69, 9.17) is 0 Å². The number of halogens is 6. The molecule has 26 heavy (non-hydrogen) atoms. The van der Waals surface area contributed by atoms with Crippen LogP contribution in [-0.4, -0.2) is 13.1 Å². The van der Waals surface area contributed by atoms with E-state index in [2.05, 4.69) is 0 Å². The molecule has 0 aliphatic rings. The van der Waals surface area contributed by atoms with Crippen LogP contribution in [0.2, 0.25) is 0 Å². The lowest BCUT2D eigenvalue weighted by Gasteiger charge is -2.27. The second-order valence-electron chi connectivity index (χ2n) is 5.60. The van der Waals surface area contributed by atoms with Gasteiger partial charge in [0.1, 0.15) is 0 Å². The normalized spacial score (nSPS) is 11.7. The molecule has 0 atom stereocenters. The first kappa shape index (κ1) is 18.2. The van der Waals surface area contributed by atoms with E-state index in [1.165, 1.54) is 0 Å². The summed E-state index contributed by atoms with van der Waals surface area (Å²) in [6.45, 7) is 0. The van der Waals surface area contributed by atoms with Gasteiger partial charge in [0.05, 0.1) is 0 Å². The van der Waals surface area contributed by atoms with E-state index in [0.717, 1.165) is 36.4 Å². The van der Waals surface area contributed by atoms with Crippen molar-refractivity contribution in [2.24, 2.45) is 0 Å². The molecule has 8 heteroatoms. The summed E-state index contributed by atoms with van der Waals surface area (Å²) in [6.07, 6.45) is 0. The van der Waals surface area contributed by atoms with Gasteiger partial charge < -0.3 is 4.80 Å². The highest BCUT2D eigenvalue weighted by atomic mass is 28.4. The van der Waals surface area contributed by atoms with Crippen LogP contribution in [0.5, 0.6) is 0 Å². The van der Waals surface area contributed by atoms with Gasteiger partial charge in [-0.25, -0.2) is 26.3 Å². The fraction of sp³-hybridized carbons (Fsp3) is 0. The Morgan fingerprint density at radius 1 is 0.462 bits per heavy atom. The molecule has 0 fully saturated rings. The van der Waals surface area contributed by atoms with Crippen LogP contribution >= 0.6 is 0 Å². The Kier molecular flexibility index (Phi) is 4.64. The molecule has 0 saturated carbocycles. The van der Waals surface area contributed by atoms with E-state index in [9.17, 15) is 31.1 Å². The van der Waals surface area contributed by atoms with Crippen LogP contribution in [0.15, 0.2) is 54.6 Å². The first-order valence-electron chi connectivity index (χ1n) is 7.32. The lowest BCUT2D eigenvalue weighted by atomic mass is 10.3. The van der Waals surface area contributed by atoms with Gasteiger partial charge in [0.25, 0.3) is 8.32 Å². The molecule has 1 nitrogen and oxygen atoms in total. The Balaban J connectivity index is 2.31. The highest BCUT2D eigenvalue weighted by Crippen LogP contribution is 2.12. The van der Waals surface area contributed by atoms with E-state index in [1.807, 2.05) is 0 Å². The molecule has 0 heterocycles. The van der Waals surface area contributed by atoms with Crippen molar-refractivity contribution in [1.82, 2.24) is 0 Å². The molecule has 3 aromatic rings. The summed E-state index contributed by atoms with van der Waals surface area (Å²) in [5.41, 5.74) is 0. The second-order valence-corrected chi connectivity index (χ2v) is 8.75. The Hall–Kier alpha value is -2.58. The van der Waals surface area contributed by atoms with Crippen molar-refractivity contribution in [3.05, 3.63) is 89.5 Å². The summed E-state index contributed by atoms with van der Waals surface area (Å²) in [6, 6.07) is 7.54. The van der Waals surface area contributed by atoms with Gasteiger partial charge in [0.15, 0.2) is 34.9 Å². The van der Waals surface area contributed by atoms with E-state index in [-0.39, 0.29) is 15.6 Å². The maximum absolute atomic E-state index is 13.7. The molecule has 1 N–H and O–H groups in total. The molecule has 0 radical (unpaired) electrons. The first-order chi connectivity index (χ1) is 12.2.